The minimum Gasteiger partial charge on any atom is -0.494 e. The van der Waals surface area contributed by atoms with Crippen LogP contribution in [0.25, 0.3) is 5.69 Å². The molecule has 0 radical (unpaired) electrons. The van der Waals surface area contributed by atoms with E-state index in [0.29, 0.717) is 23.6 Å². The maximum absolute atomic E-state index is 12.8. The number of carbonyl (C=O) groups is 1. The van der Waals surface area contributed by atoms with Crippen molar-refractivity contribution in [2.45, 2.75) is 31.6 Å². The Morgan fingerprint density at radius 3 is 2.34 bits per heavy atom. The van der Waals surface area contributed by atoms with Crippen molar-refractivity contribution >= 4 is 33.7 Å². The van der Waals surface area contributed by atoms with Crippen LogP contribution in [-0.2, 0) is 10.0 Å². The van der Waals surface area contributed by atoms with Crippen molar-refractivity contribution in [3.05, 3.63) is 95.7 Å². The van der Waals surface area contributed by atoms with Crippen LogP contribution in [0.3, 0.4) is 0 Å². The second kappa shape index (κ2) is 12.3. The molecule has 11 heteroatoms. The van der Waals surface area contributed by atoms with Crippen LogP contribution < -0.4 is 19.8 Å². The van der Waals surface area contributed by atoms with Crippen LogP contribution in [0, 0.1) is 6.92 Å². The summed E-state index contributed by atoms with van der Waals surface area (Å²) in [6.07, 6.45) is 3.85. The Hall–Kier alpha value is -4.64. The highest BCUT2D eigenvalue weighted by atomic mass is 32.2. The van der Waals surface area contributed by atoms with Crippen LogP contribution >= 0.6 is 0 Å². The predicted octanol–water partition coefficient (Wildman–Crippen LogP) is 4.74. The van der Waals surface area contributed by atoms with Gasteiger partial charge >= 0.3 is 0 Å². The molecule has 0 unspecified atom stereocenters. The molecule has 1 aliphatic heterocycles. The molecular formula is C30H32N6O4S. The molecule has 0 bridgehead atoms. The van der Waals surface area contributed by atoms with Gasteiger partial charge in [0.2, 0.25) is 0 Å². The molecule has 0 aliphatic carbocycles. The third kappa shape index (κ3) is 6.41. The van der Waals surface area contributed by atoms with Gasteiger partial charge in [-0.2, -0.15) is 10.2 Å². The lowest BCUT2D eigenvalue weighted by Gasteiger charge is -2.20. The zero-order valence-electron chi connectivity index (χ0n) is 22.9. The molecule has 1 saturated heterocycles. The van der Waals surface area contributed by atoms with Crippen LogP contribution in [0.4, 0.5) is 11.5 Å². The summed E-state index contributed by atoms with van der Waals surface area (Å²) in [4.78, 5) is 15.2. The molecule has 2 N–H and O–H groups in total. The molecule has 41 heavy (non-hydrogen) atoms. The Morgan fingerprint density at radius 1 is 1.00 bits per heavy atom. The monoisotopic (exact) mass is 572 g/mol. The van der Waals surface area contributed by atoms with Gasteiger partial charge in [-0.1, -0.05) is 18.2 Å². The van der Waals surface area contributed by atoms with Crippen molar-refractivity contribution in [2.24, 2.45) is 5.10 Å². The Bertz CT molecular complexity index is 1630. The summed E-state index contributed by atoms with van der Waals surface area (Å²) >= 11 is 0. The summed E-state index contributed by atoms with van der Waals surface area (Å²) in [6, 6.07) is 22.3. The molecule has 1 aliphatic rings. The number of hydrogen-bond acceptors (Lipinski definition) is 7. The molecule has 0 saturated carbocycles. The van der Waals surface area contributed by atoms with E-state index in [2.05, 4.69) is 20.1 Å². The first-order chi connectivity index (χ1) is 19.9. The van der Waals surface area contributed by atoms with Crippen LogP contribution in [-0.4, -0.2) is 50.0 Å². The summed E-state index contributed by atoms with van der Waals surface area (Å²) < 4.78 is 35.3. The fourth-order valence-electron chi connectivity index (χ4n) is 4.67. The van der Waals surface area contributed by atoms with E-state index in [1.165, 1.54) is 36.4 Å². The maximum atomic E-state index is 12.8. The first kappa shape index (κ1) is 27.9. The van der Waals surface area contributed by atoms with Crippen LogP contribution in [0.2, 0.25) is 0 Å². The van der Waals surface area contributed by atoms with E-state index in [9.17, 15) is 13.2 Å². The Balaban J connectivity index is 1.27. The molecule has 4 aromatic rings. The predicted molar refractivity (Wildman–Crippen MR) is 160 cm³/mol. The first-order valence-corrected chi connectivity index (χ1v) is 14.9. The molecule has 5 rings (SSSR count). The topological polar surface area (TPSA) is 118 Å². The van der Waals surface area contributed by atoms with Gasteiger partial charge in [0.1, 0.15) is 11.6 Å². The zero-order valence-corrected chi connectivity index (χ0v) is 23.8. The highest BCUT2D eigenvalue weighted by Crippen LogP contribution is 2.29. The molecule has 1 fully saturated rings. The van der Waals surface area contributed by atoms with Crippen molar-refractivity contribution in [1.82, 2.24) is 15.2 Å². The molecule has 2 heterocycles. The molecule has 10 nitrogen and oxygen atoms in total. The normalized spacial score (nSPS) is 13.5. The van der Waals surface area contributed by atoms with E-state index in [1.807, 2.05) is 48.9 Å². The second-order valence-corrected chi connectivity index (χ2v) is 11.2. The fraction of sp³-hybridized carbons (Fsp3) is 0.233. The van der Waals surface area contributed by atoms with E-state index in [-0.39, 0.29) is 4.90 Å². The van der Waals surface area contributed by atoms with E-state index in [0.717, 1.165) is 48.7 Å². The van der Waals surface area contributed by atoms with E-state index < -0.39 is 15.9 Å². The number of sulfonamides is 1. The highest BCUT2D eigenvalue weighted by Gasteiger charge is 2.23. The largest absolute Gasteiger partial charge is 0.494 e. The number of benzene rings is 3. The van der Waals surface area contributed by atoms with Crippen molar-refractivity contribution < 1.29 is 17.9 Å². The number of ether oxygens (including phenoxy) is 1. The number of aryl methyl sites for hydroxylation is 1. The average Bonchev–Trinajstić information content (AvgIpc) is 3.62. The van der Waals surface area contributed by atoms with Crippen LogP contribution in [0.15, 0.2) is 88.9 Å². The highest BCUT2D eigenvalue weighted by molar-refractivity contribution is 7.92. The Morgan fingerprint density at radius 2 is 1.68 bits per heavy atom. The average molecular weight is 573 g/mol. The number of nitrogens with one attached hydrogen (secondary N) is 2. The lowest BCUT2D eigenvalue weighted by Crippen LogP contribution is -2.23. The van der Waals surface area contributed by atoms with Gasteiger partial charge in [-0.3, -0.25) is 9.52 Å². The molecule has 0 spiro atoms. The number of anilines is 2. The first-order valence-electron chi connectivity index (χ1n) is 13.4. The zero-order chi connectivity index (χ0) is 28.8. The number of aromatic nitrogens is 2. The number of hydrazone groups is 1. The lowest BCUT2D eigenvalue weighted by molar-refractivity contribution is 0.0955. The summed E-state index contributed by atoms with van der Waals surface area (Å²) in [6.45, 7) is 6.14. The van der Waals surface area contributed by atoms with Crippen molar-refractivity contribution in [3.8, 4) is 11.4 Å². The van der Waals surface area contributed by atoms with Gasteiger partial charge < -0.3 is 9.64 Å². The van der Waals surface area contributed by atoms with Crippen molar-refractivity contribution in [2.75, 3.05) is 29.3 Å². The molecule has 3 aromatic carbocycles. The Labute approximate surface area is 239 Å². The Kier molecular flexibility index (Phi) is 8.34. The molecule has 212 valence electrons. The van der Waals surface area contributed by atoms with Gasteiger partial charge in [-0.05, 0) is 87.4 Å². The SMILES string of the molecule is CCOc1ccc(S(=O)(=O)Nc2ccc(C(=O)N/N=C/c3c(C)nn(-c4ccccc4)c3N3CCCC3)cc2)cc1. The third-order valence-electron chi connectivity index (χ3n) is 6.69. The fourth-order valence-corrected chi connectivity index (χ4v) is 5.72. The van der Waals surface area contributed by atoms with Gasteiger partial charge in [0.05, 0.1) is 34.7 Å². The van der Waals surface area contributed by atoms with Crippen LogP contribution in [0.1, 0.15) is 41.4 Å². The van der Waals surface area contributed by atoms with E-state index in [4.69, 9.17) is 9.84 Å². The summed E-state index contributed by atoms with van der Waals surface area (Å²) in [5, 5.41) is 9.00. The van der Waals surface area contributed by atoms with Crippen LogP contribution in [0.5, 0.6) is 5.75 Å². The van der Waals surface area contributed by atoms with Crippen molar-refractivity contribution in [1.29, 1.82) is 0 Å². The molecular weight excluding hydrogens is 540 g/mol. The van der Waals surface area contributed by atoms with Crippen molar-refractivity contribution in [3.63, 3.8) is 0 Å². The van der Waals surface area contributed by atoms with Gasteiger partial charge in [0, 0.05) is 24.3 Å². The lowest BCUT2D eigenvalue weighted by atomic mass is 10.2. The number of nitrogens with zero attached hydrogens (tertiary/aromatic N) is 4. The van der Waals surface area contributed by atoms with E-state index in [1.54, 1.807) is 18.3 Å². The standard InChI is InChI=1S/C30H32N6O4S/c1-3-40-26-15-17-27(18-16-26)41(38,39)34-24-13-11-23(12-14-24)29(37)32-31-21-28-22(2)33-36(25-9-5-4-6-10-25)30(28)35-19-7-8-20-35/h4-6,9-18,21,34H,3,7-8,19-20H2,1-2H3,(H,32,37)/b31-21+. The van der Waals surface area contributed by atoms with Gasteiger partial charge in [-0.25, -0.2) is 18.5 Å². The minimum atomic E-state index is -3.80. The molecule has 1 amide bonds. The smallest absolute Gasteiger partial charge is 0.271 e. The number of hydrogen-bond donors (Lipinski definition) is 2. The number of rotatable bonds is 10. The number of carbonyl (C=O) groups excluding carboxylic acids is 1. The summed E-state index contributed by atoms with van der Waals surface area (Å²) in [7, 11) is -3.80. The molecule has 1 aromatic heterocycles. The minimum absolute atomic E-state index is 0.108. The van der Waals surface area contributed by atoms with Gasteiger partial charge in [0.15, 0.2) is 0 Å². The second-order valence-electron chi connectivity index (χ2n) is 9.55. The van der Waals surface area contributed by atoms with Gasteiger partial charge in [0.25, 0.3) is 15.9 Å². The number of amides is 1. The van der Waals surface area contributed by atoms with E-state index >= 15 is 0 Å². The third-order valence-corrected chi connectivity index (χ3v) is 8.09. The summed E-state index contributed by atoms with van der Waals surface area (Å²) in [5.74, 6) is 1.13. The molecule has 0 atom stereocenters. The summed E-state index contributed by atoms with van der Waals surface area (Å²) in [5.41, 5.74) is 5.85. The number of para-hydroxylation sites is 1. The quantitative estimate of drug-likeness (QED) is 0.209. The van der Waals surface area contributed by atoms with Gasteiger partial charge in [-0.15, -0.1) is 0 Å². The maximum Gasteiger partial charge on any atom is 0.271 e.